The molecular weight excluding hydrogens is 426 g/mol. The zero-order chi connectivity index (χ0) is 18.8. The highest BCUT2D eigenvalue weighted by molar-refractivity contribution is 9.10. The van der Waals surface area contributed by atoms with E-state index in [0.717, 1.165) is 32.6 Å². The molecule has 0 unspecified atom stereocenters. The first kappa shape index (κ1) is 17.8. The van der Waals surface area contributed by atoms with Crippen LogP contribution >= 0.6 is 27.5 Å². The molecule has 0 radical (unpaired) electrons. The largest absolute Gasteiger partial charge is 0.489 e. The molecule has 1 aliphatic rings. The first-order chi connectivity index (χ1) is 13.1. The van der Waals surface area contributed by atoms with Crippen molar-refractivity contribution in [1.29, 1.82) is 0 Å². The first-order valence-electron chi connectivity index (χ1n) is 8.39. The standard InChI is InChI=1S/C22H15BrClNO2/c23-16-5-1-15(2-6-16)13-27-18-8-3-14(4-9-18)11-20-19-10-7-17(24)12-21(19)25-22(20)26/h1-12H,13H2,(H,25,26)/b20-11-. The number of ether oxygens (including phenoxy) is 1. The highest BCUT2D eigenvalue weighted by Crippen LogP contribution is 2.35. The molecule has 0 aromatic heterocycles. The summed E-state index contributed by atoms with van der Waals surface area (Å²) in [6.45, 7) is 0.504. The maximum absolute atomic E-state index is 12.2. The fourth-order valence-corrected chi connectivity index (χ4v) is 3.32. The van der Waals surface area contributed by atoms with Crippen LogP contribution in [0.3, 0.4) is 0 Å². The van der Waals surface area contributed by atoms with Crippen LogP contribution in [0.2, 0.25) is 5.02 Å². The minimum Gasteiger partial charge on any atom is -0.489 e. The Kier molecular flexibility index (Phi) is 5.01. The van der Waals surface area contributed by atoms with E-state index < -0.39 is 0 Å². The molecule has 1 N–H and O–H groups in total. The topological polar surface area (TPSA) is 38.3 Å². The average Bonchev–Trinajstić information content (AvgIpc) is 2.97. The van der Waals surface area contributed by atoms with E-state index in [9.17, 15) is 4.79 Å². The van der Waals surface area contributed by atoms with E-state index in [-0.39, 0.29) is 5.91 Å². The summed E-state index contributed by atoms with van der Waals surface area (Å²) >= 11 is 9.41. The summed E-state index contributed by atoms with van der Waals surface area (Å²) in [5.41, 5.74) is 4.26. The van der Waals surface area contributed by atoms with Gasteiger partial charge in [-0.25, -0.2) is 0 Å². The molecule has 0 aliphatic carbocycles. The van der Waals surface area contributed by atoms with Crippen molar-refractivity contribution in [1.82, 2.24) is 0 Å². The van der Waals surface area contributed by atoms with Crippen LogP contribution in [0.15, 0.2) is 71.2 Å². The number of benzene rings is 3. The molecule has 1 amide bonds. The van der Waals surface area contributed by atoms with Gasteiger partial charge in [-0.15, -0.1) is 0 Å². The van der Waals surface area contributed by atoms with E-state index in [1.54, 1.807) is 12.1 Å². The summed E-state index contributed by atoms with van der Waals surface area (Å²) in [4.78, 5) is 12.2. The Morgan fingerprint density at radius 3 is 2.48 bits per heavy atom. The Labute approximate surface area is 170 Å². The van der Waals surface area contributed by atoms with E-state index in [0.29, 0.717) is 17.2 Å². The van der Waals surface area contributed by atoms with E-state index in [1.165, 1.54) is 0 Å². The van der Waals surface area contributed by atoms with Gasteiger partial charge in [-0.3, -0.25) is 4.79 Å². The minimum atomic E-state index is -0.122. The van der Waals surface area contributed by atoms with Gasteiger partial charge < -0.3 is 10.1 Å². The van der Waals surface area contributed by atoms with Crippen molar-refractivity contribution < 1.29 is 9.53 Å². The Morgan fingerprint density at radius 1 is 1.00 bits per heavy atom. The summed E-state index contributed by atoms with van der Waals surface area (Å²) in [7, 11) is 0. The van der Waals surface area contributed by atoms with Crippen LogP contribution in [-0.4, -0.2) is 5.91 Å². The normalized spacial score (nSPS) is 14.1. The highest BCUT2D eigenvalue weighted by Gasteiger charge is 2.23. The number of carbonyl (C=O) groups is 1. The molecule has 3 aromatic carbocycles. The number of carbonyl (C=O) groups excluding carboxylic acids is 1. The van der Waals surface area contributed by atoms with E-state index in [4.69, 9.17) is 16.3 Å². The van der Waals surface area contributed by atoms with Crippen molar-refractivity contribution in [2.75, 3.05) is 5.32 Å². The maximum atomic E-state index is 12.2. The molecule has 0 saturated heterocycles. The fourth-order valence-electron chi connectivity index (χ4n) is 2.88. The molecule has 27 heavy (non-hydrogen) atoms. The van der Waals surface area contributed by atoms with Crippen molar-refractivity contribution in [3.8, 4) is 5.75 Å². The second-order valence-corrected chi connectivity index (χ2v) is 7.54. The van der Waals surface area contributed by atoms with Crippen molar-refractivity contribution in [3.05, 3.63) is 92.9 Å². The molecule has 3 aromatic rings. The molecule has 0 spiro atoms. The highest BCUT2D eigenvalue weighted by atomic mass is 79.9. The number of hydrogen-bond donors (Lipinski definition) is 1. The van der Waals surface area contributed by atoms with Gasteiger partial charge in [-0.2, -0.15) is 0 Å². The van der Waals surface area contributed by atoms with Gasteiger partial charge in [0.25, 0.3) is 5.91 Å². The number of fused-ring (bicyclic) bond motifs is 1. The summed E-state index contributed by atoms with van der Waals surface area (Å²) < 4.78 is 6.86. The second-order valence-electron chi connectivity index (χ2n) is 6.19. The molecule has 0 bridgehead atoms. The van der Waals surface area contributed by atoms with Crippen LogP contribution in [0.1, 0.15) is 16.7 Å². The summed E-state index contributed by atoms with van der Waals surface area (Å²) in [5.74, 6) is 0.658. The lowest BCUT2D eigenvalue weighted by molar-refractivity contribution is -0.110. The van der Waals surface area contributed by atoms with Gasteiger partial charge >= 0.3 is 0 Å². The molecule has 1 aliphatic heterocycles. The molecule has 0 atom stereocenters. The van der Waals surface area contributed by atoms with Crippen molar-refractivity contribution in [2.24, 2.45) is 0 Å². The number of hydrogen-bond acceptors (Lipinski definition) is 2. The van der Waals surface area contributed by atoms with Gasteiger partial charge in [0.05, 0.1) is 5.69 Å². The van der Waals surface area contributed by atoms with Crippen LogP contribution in [0.4, 0.5) is 5.69 Å². The molecule has 4 rings (SSSR count). The van der Waals surface area contributed by atoms with Gasteiger partial charge in [-0.1, -0.05) is 57.9 Å². The van der Waals surface area contributed by atoms with E-state index in [1.807, 2.05) is 60.7 Å². The Morgan fingerprint density at radius 2 is 1.74 bits per heavy atom. The third-order valence-corrected chi connectivity index (χ3v) is 5.04. The van der Waals surface area contributed by atoms with Crippen LogP contribution in [0.25, 0.3) is 11.6 Å². The molecule has 134 valence electrons. The lowest BCUT2D eigenvalue weighted by atomic mass is 10.0. The minimum absolute atomic E-state index is 0.122. The fraction of sp³-hybridized carbons (Fsp3) is 0.0455. The van der Waals surface area contributed by atoms with E-state index >= 15 is 0 Å². The van der Waals surface area contributed by atoms with Gasteiger partial charge in [0, 0.05) is 20.6 Å². The third-order valence-electron chi connectivity index (χ3n) is 4.27. The van der Waals surface area contributed by atoms with Crippen LogP contribution in [0, 0.1) is 0 Å². The van der Waals surface area contributed by atoms with Crippen molar-refractivity contribution in [2.45, 2.75) is 6.61 Å². The van der Waals surface area contributed by atoms with Crippen molar-refractivity contribution >= 4 is 50.8 Å². The molecule has 1 heterocycles. The number of rotatable bonds is 4. The smallest absolute Gasteiger partial charge is 0.256 e. The second kappa shape index (κ2) is 7.59. The molecular formula is C22H15BrClNO2. The summed E-state index contributed by atoms with van der Waals surface area (Å²) in [5, 5.41) is 3.44. The number of anilines is 1. The summed E-state index contributed by atoms with van der Waals surface area (Å²) in [6.07, 6.45) is 1.87. The monoisotopic (exact) mass is 439 g/mol. The van der Waals surface area contributed by atoms with Gasteiger partial charge in [0.1, 0.15) is 12.4 Å². The lowest BCUT2D eigenvalue weighted by Crippen LogP contribution is -2.03. The number of halogens is 2. The lowest BCUT2D eigenvalue weighted by Gasteiger charge is -2.07. The average molecular weight is 441 g/mol. The Bertz CT molecular complexity index is 1030. The predicted molar refractivity (Wildman–Crippen MR) is 113 cm³/mol. The van der Waals surface area contributed by atoms with Gasteiger partial charge in [0.2, 0.25) is 0 Å². The quantitative estimate of drug-likeness (QED) is 0.492. The molecule has 5 heteroatoms. The zero-order valence-corrected chi connectivity index (χ0v) is 16.5. The first-order valence-corrected chi connectivity index (χ1v) is 9.56. The Balaban J connectivity index is 1.49. The van der Waals surface area contributed by atoms with Crippen LogP contribution in [-0.2, 0) is 11.4 Å². The van der Waals surface area contributed by atoms with Crippen LogP contribution in [0.5, 0.6) is 5.75 Å². The maximum Gasteiger partial charge on any atom is 0.256 e. The predicted octanol–water partition coefficient (Wildman–Crippen LogP) is 6.17. The number of nitrogens with one attached hydrogen (secondary N) is 1. The van der Waals surface area contributed by atoms with Gasteiger partial charge in [0.15, 0.2) is 0 Å². The zero-order valence-electron chi connectivity index (χ0n) is 14.2. The molecule has 3 nitrogen and oxygen atoms in total. The molecule has 0 saturated carbocycles. The Hall–Kier alpha value is -2.56. The van der Waals surface area contributed by atoms with E-state index in [2.05, 4.69) is 21.2 Å². The number of amides is 1. The van der Waals surface area contributed by atoms with Crippen LogP contribution < -0.4 is 10.1 Å². The summed E-state index contributed by atoms with van der Waals surface area (Å²) in [6, 6.07) is 21.1. The molecule has 0 fully saturated rings. The van der Waals surface area contributed by atoms with Gasteiger partial charge in [-0.05, 0) is 53.6 Å². The SMILES string of the molecule is O=C1Nc2cc(Cl)ccc2/C1=C/c1ccc(OCc2ccc(Br)cc2)cc1. The van der Waals surface area contributed by atoms with Crippen molar-refractivity contribution in [3.63, 3.8) is 0 Å². The third kappa shape index (κ3) is 4.07.